The molecule has 2 saturated heterocycles. The third-order valence-corrected chi connectivity index (χ3v) is 7.51. The number of carbonyl (C=O) groups is 1. The zero-order valence-corrected chi connectivity index (χ0v) is 20.2. The summed E-state index contributed by atoms with van der Waals surface area (Å²) in [5.74, 6) is 0.233. The molecule has 0 atom stereocenters. The van der Waals surface area contributed by atoms with Crippen LogP contribution >= 0.6 is 0 Å². The van der Waals surface area contributed by atoms with Gasteiger partial charge in [0.2, 0.25) is 5.91 Å². The molecule has 0 saturated carbocycles. The topological polar surface area (TPSA) is 26.8 Å². The Bertz CT molecular complexity index is 1050. The maximum absolute atomic E-state index is 14.0. The summed E-state index contributed by atoms with van der Waals surface area (Å²) < 4.78 is 14.0. The summed E-state index contributed by atoms with van der Waals surface area (Å²) in [6, 6.07) is 28.5. The van der Waals surface area contributed by atoms with Gasteiger partial charge in [0.1, 0.15) is 5.82 Å². The van der Waals surface area contributed by atoms with Gasteiger partial charge in [-0.3, -0.25) is 14.6 Å². The average Bonchev–Trinajstić information content (AvgIpc) is 2.92. The van der Waals surface area contributed by atoms with Crippen LogP contribution in [0.3, 0.4) is 0 Å². The molecule has 5 rings (SSSR count). The molecule has 0 N–H and O–H groups in total. The van der Waals surface area contributed by atoms with Crippen LogP contribution in [0, 0.1) is 11.7 Å². The molecule has 3 aromatic carbocycles. The SMILES string of the molecule is O=C(C1CCN(Cc2ccccc2F)CC1)N1CCN(C(c2ccccc2)c2ccccc2)CC1. The van der Waals surface area contributed by atoms with E-state index in [-0.39, 0.29) is 17.8 Å². The maximum atomic E-state index is 14.0. The minimum absolute atomic E-state index is 0.0810. The molecule has 0 aliphatic carbocycles. The van der Waals surface area contributed by atoms with Gasteiger partial charge in [0.25, 0.3) is 0 Å². The van der Waals surface area contributed by atoms with E-state index in [1.54, 1.807) is 6.07 Å². The van der Waals surface area contributed by atoms with Gasteiger partial charge in [-0.2, -0.15) is 0 Å². The highest BCUT2D eigenvalue weighted by Crippen LogP contribution is 2.30. The van der Waals surface area contributed by atoms with E-state index in [1.807, 2.05) is 12.1 Å². The zero-order chi connectivity index (χ0) is 24.0. The first-order valence-electron chi connectivity index (χ1n) is 12.8. The van der Waals surface area contributed by atoms with Gasteiger partial charge >= 0.3 is 0 Å². The largest absolute Gasteiger partial charge is 0.340 e. The lowest BCUT2D eigenvalue weighted by Crippen LogP contribution is -2.52. The van der Waals surface area contributed by atoms with Gasteiger partial charge < -0.3 is 4.90 Å². The van der Waals surface area contributed by atoms with E-state index >= 15 is 0 Å². The molecule has 2 fully saturated rings. The number of amides is 1. The first-order valence-corrected chi connectivity index (χ1v) is 12.8. The molecule has 0 spiro atoms. The lowest BCUT2D eigenvalue weighted by atomic mass is 9.94. The van der Waals surface area contributed by atoms with E-state index < -0.39 is 0 Å². The zero-order valence-electron chi connectivity index (χ0n) is 20.2. The highest BCUT2D eigenvalue weighted by Gasteiger charge is 2.32. The molecule has 182 valence electrons. The van der Waals surface area contributed by atoms with Gasteiger partial charge in [-0.15, -0.1) is 0 Å². The molecule has 35 heavy (non-hydrogen) atoms. The van der Waals surface area contributed by atoms with Crippen molar-refractivity contribution in [3.63, 3.8) is 0 Å². The van der Waals surface area contributed by atoms with E-state index in [1.165, 1.54) is 17.2 Å². The second kappa shape index (κ2) is 11.1. The summed E-state index contributed by atoms with van der Waals surface area (Å²) in [6.07, 6.45) is 1.70. The molecule has 0 bridgehead atoms. The van der Waals surface area contributed by atoms with Crippen molar-refractivity contribution in [1.82, 2.24) is 14.7 Å². The third-order valence-electron chi connectivity index (χ3n) is 7.51. The number of carbonyl (C=O) groups excluding carboxylic acids is 1. The van der Waals surface area contributed by atoms with Gasteiger partial charge in [0.15, 0.2) is 0 Å². The number of rotatable bonds is 6. The van der Waals surface area contributed by atoms with Crippen molar-refractivity contribution < 1.29 is 9.18 Å². The van der Waals surface area contributed by atoms with Crippen molar-refractivity contribution in [1.29, 1.82) is 0 Å². The maximum Gasteiger partial charge on any atom is 0.225 e. The quantitative estimate of drug-likeness (QED) is 0.508. The summed E-state index contributed by atoms with van der Waals surface area (Å²) in [7, 11) is 0. The number of halogens is 1. The number of benzene rings is 3. The third kappa shape index (κ3) is 5.63. The summed E-state index contributed by atoms with van der Waals surface area (Å²) in [5.41, 5.74) is 3.32. The van der Waals surface area contributed by atoms with Gasteiger partial charge in [-0.1, -0.05) is 78.9 Å². The number of hydrogen-bond acceptors (Lipinski definition) is 3. The Morgan fingerprint density at radius 2 is 1.29 bits per heavy atom. The molecule has 1 amide bonds. The van der Waals surface area contributed by atoms with Crippen LogP contribution < -0.4 is 0 Å². The first-order chi connectivity index (χ1) is 17.2. The Morgan fingerprint density at radius 1 is 0.743 bits per heavy atom. The average molecular weight is 472 g/mol. The molecule has 2 heterocycles. The second-order valence-electron chi connectivity index (χ2n) is 9.73. The van der Waals surface area contributed by atoms with Crippen LogP contribution in [0.4, 0.5) is 4.39 Å². The van der Waals surface area contributed by atoms with Crippen molar-refractivity contribution >= 4 is 5.91 Å². The van der Waals surface area contributed by atoms with Crippen LogP contribution in [0.1, 0.15) is 35.6 Å². The first kappa shape index (κ1) is 23.7. The summed E-state index contributed by atoms with van der Waals surface area (Å²) in [4.78, 5) is 20.2. The highest BCUT2D eigenvalue weighted by atomic mass is 19.1. The van der Waals surface area contributed by atoms with Crippen LogP contribution in [-0.2, 0) is 11.3 Å². The Hall–Kier alpha value is -3.02. The van der Waals surface area contributed by atoms with Gasteiger partial charge in [0.05, 0.1) is 6.04 Å². The van der Waals surface area contributed by atoms with E-state index in [0.29, 0.717) is 12.5 Å². The van der Waals surface area contributed by atoms with Crippen molar-refractivity contribution in [3.05, 3.63) is 107 Å². The fourth-order valence-corrected chi connectivity index (χ4v) is 5.55. The highest BCUT2D eigenvalue weighted by molar-refractivity contribution is 5.79. The fourth-order valence-electron chi connectivity index (χ4n) is 5.55. The lowest BCUT2D eigenvalue weighted by molar-refractivity contribution is -0.139. The van der Waals surface area contributed by atoms with Crippen LogP contribution in [0.5, 0.6) is 0 Å². The minimum atomic E-state index is -0.145. The molecule has 2 aliphatic heterocycles. The fraction of sp³-hybridized carbons (Fsp3) is 0.367. The Morgan fingerprint density at radius 3 is 1.86 bits per heavy atom. The van der Waals surface area contributed by atoms with Gasteiger partial charge in [0, 0.05) is 44.2 Å². The van der Waals surface area contributed by atoms with Gasteiger partial charge in [-0.05, 0) is 43.1 Å². The molecule has 2 aliphatic rings. The number of piperazine rings is 1. The molecular weight excluding hydrogens is 437 g/mol. The van der Waals surface area contributed by atoms with Crippen LogP contribution in [0.25, 0.3) is 0 Å². The summed E-state index contributed by atoms with van der Waals surface area (Å²) in [6.45, 7) is 5.57. The number of likely N-dealkylation sites (tertiary alicyclic amines) is 1. The standard InChI is InChI=1S/C30H34FN3O/c31-28-14-8-7-13-27(28)23-32-17-15-26(16-18-32)30(35)34-21-19-33(20-22-34)29(24-9-3-1-4-10-24)25-11-5-2-6-12-25/h1-14,26,29H,15-23H2. The normalized spacial score (nSPS) is 18.2. The smallest absolute Gasteiger partial charge is 0.225 e. The predicted molar refractivity (Wildman–Crippen MR) is 137 cm³/mol. The summed E-state index contributed by atoms with van der Waals surface area (Å²) >= 11 is 0. The Balaban J connectivity index is 1.16. The predicted octanol–water partition coefficient (Wildman–Crippen LogP) is 4.97. The summed E-state index contributed by atoms with van der Waals surface area (Å²) in [5, 5.41) is 0. The number of nitrogens with zero attached hydrogens (tertiary/aromatic N) is 3. The molecule has 0 unspecified atom stereocenters. The molecular formula is C30H34FN3O. The molecule has 0 radical (unpaired) electrons. The van der Waals surface area contributed by atoms with Gasteiger partial charge in [-0.25, -0.2) is 4.39 Å². The van der Waals surface area contributed by atoms with Crippen molar-refractivity contribution in [2.45, 2.75) is 25.4 Å². The van der Waals surface area contributed by atoms with Crippen LogP contribution in [0.15, 0.2) is 84.9 Å². The molecule has 4 nitrogen and oxygen atoms in total. The van der Waals surface area contributed by atoms with Crippen molar-refractivity contribution in [2.75, 3.05) is 39.3 Å². The minimum Gasteiger partial charge on any atom is -0.340 e. The monoisotopic (exact) mass is 471 g/mol. The Kier molecular flexibility index (Phi) is 7.55. The molecule has 5 heteroatoms. The lowest BCUT2D eigenvalue weighted by Gasteiger charge is -2.41. The number of piperidine rings is 1. The van der Waals surface area contributed by atoms with E-state index in [2.05, 4.69) is 75.4 Å². The van der Waals surface area contributed by atoms with E-state index in [9.17, 15) is 9.18 Å². The number of hydrogen-bond donors (Lipinski definition) is 0. The van der Waals surface area contributed by atoms with E-state index in [4.69, 9.17) is 0 Å². The van der Waals surface area contributed by atoms with Crippen molar-refractivity contribution in [2.24, 2.45) is 5.92 Å². The van der Waals surface area contributed by atoms with Crippen LogP contribution in [-0.4, -0.2) is 59.9 Å². The molecule has 0 aromatic heterocycles. The second-order valence-corrected chi connectivity index (χ2v) is 9.73. The van der Waals surface area contributed by atoms with Crippen LogP contribution in [0.2, 0.25) is 0 Å². The van der Waals surface area contributed by atoms with Crippen molar-refractivity contribution in [3.8, 4) is 0 Å². The Labute approximate surface area is 208 Å². The van der Waals surface area contributed by atoms with E-state index in [0.717, 1.165) is 57.7 Å². The molecule has 3 aromatic rings.